The molecule has 0 aromatic heterocycles. The Morgan fingerprint density at radius 1 is 0.757 bits per heavy atom. The van der Waals surface area contributed by atoms with Crippen molar-refractivity contribution in [1.82, 2.24) is 0 Å². The molecule has 1 atom stereocenters. The van der Waals surface area contributed by atoms with Crippen LogP contribution in [-0.2, 0) is 4.79 Å². The van der Waals surface area contributed by atoms with E-state index in [0.29, 0.717) is 34.0 Å². The van der Waals surface area contributed by atoms with Gasteiger partial charge in [0.1, 0.15) is 5.70 Å². The molecule has 1 heterocycles. The van der Waals surface area contributed by atoms with Crippen LogP contribution in [0, 0.1) is 0 Å². The van der Waals surface area contributed by atoms with Crippen LogP contribution in [0.25, 0.3) is 0 Å². The van der Waals surface area contributed by atoms with Gasteiger partial charge in [0.15, 0.2) is 17.3 Å². The second-order valence-electron chi connectivity index (χ2n) is 8.50. The molecule has 1 N–H and O–H groups in total. The third kappa shape index (κ3) is 4.57. The van der Waals surface area contributed by atoms with Crippen molar-refractivity contribution < 1.29 is 19.1 Å². The number of benzene rings is 4. The van der Waals surface area contributed by atoms with Gasteiger partial charge in [-0.05, 0) is 42.0 Å². The minimum absolute atomic E-state index is 0.231. The molecule has 0 bridgehead atoms. The zero-order chi connectivity index (χ0) is 25.8. The highest BCUT2D eigenvalue weighted by atomic mass is 16.5. The Kier molecular flexibility index (Phi) is 6.72. The topological polar surface area (TPSA) is 67.9 Å². The molecule has 0 aliphatic carbocycles. The van der Waals surface area contributed by atoms with Gasteiger partial charge in [0, 0.05) is 16.9 Å². The Hall–Kier alpha value is -4.84. The maximum Gasteiger partial charge on any atom is 0.276 e. The summed E-state index contributed by atoms with van der Waals surface area (Å²) < 4.78 is 11.0. The molecule has 37 heavy (non-hydrogen) atoms. The van der Waals surface area contributed by atoms with E-state index in [-0.39, 0.29) is 17.4 Å². The number of ketones is 1. The highest BCUT2D eigenvalue weighted by Gasteiger charge is 2.44. The van der Waals surface area contributed by atoms with Gasteiger partial charge in [-0.15, -0.1) is 0 Å². The lowest BCUT2D eigenvalue weighted by molar-refractivity contribution is -0.114. The Balaban J connectivity index is 1.75. The minimum atomic E-state index is -0.700. The SMILES string of the molecule is COc1ccc([C@H]2C(C(=O)c3ccccc3)=C(Nc3ccccc3)C(=O)N2c2ccccc2)cc1OC. The Morgan fingerprint density at radius 3 is 1.97 bits per heavy atom. The molecule has 0 saturated heterocycles. The molecule has 0 fully saturated rings. The summed E-state index contributed by atoms with van der Waals surface area (Å²) in [6, 6.07) is 32.5. The second-order valence-corrected chi connectivity index (χ2v) is 8.50. The van der Waals surface area contributed by atoms with Crippen molar-refractivity contribution in [3.8, 4) is 11.5 Å². The van der Waals surface area contributed by atoms with E-state index in [1.54, 1.807) is 37.3 Å². The monoisotopic (exact) mass is 490 g/mol. The smallest absolute Gasteiger partial charge is 0.276 e. The summed E-state index contributed by atoms with van der Waals surface area (Å²) in [6.07, 6.45) is 0. The van der Waals surface area contributed by atoms with Crippen molar-refractivity contribution in [2.45, 2.75) is 6.04 Å². The Bertz CT molecular complexity index is 1450. The van der Waals surface area contributed by atoms with Gasteiger partial charge < -0.3 is 14.8 Å². The standard InChI is InChI=1S/C31H26N2O4/c1-36-25-19-18-22(20-26(25)37-2)29-27(30(34)21-12-6-3-7-13-21)28(32-23-14-8-4-9-15-23)31(35)33(29)24-16-10-5-11-17-24/h3-20,29,32H,1-2H3/t29-/m0/s1. The molecular weight excluding hydrogens is 464 g/mol. The lowest BCUT2D eigenvalue weighted by atomic mass is 9.92. The number of carbonyl (C=O) groups is 2. The first-order chi connectivity index (χ1) is 18.1. The Morgan fingerprint density at radius 2 is 1.35 bits per heavy atom. The van der Waals surface area contributed by atoms with Gasteiger partial charge in [-0.2, -0.15) is 0 Å². The molecule has 0 spiro atoms. The minimum Gasteiger partial charge on any atom is -0.493 e. The number of nitrogens with one attached hydrogen (secondary N) is 1. The molecule has 0 unspecified atom stereocenters. The summed E-state index contributed by atoms with van der Waals surface area (Å²) in [6.45, 7) is 0. The van der Waals surface area contributed by atoms with Crippen LogP contribution >= 0.6 is 0 Å². The number of para-hydroxylation sites is 2. The van der Waals surface area contributed by atoms with Gasteiger partial charge in [0.05, 0.1) is 25.8 Å². The summed E-state index contributed by atoms with van der Waals surface area (Å²) in [7, 11) is 3.13. The largest absolute Gasteiger partial charge is 0.493 e. The van der Waals surface area contributed by atoms with Crippen LogP contribution in [0.4, 0.5) is 11.4 Å². The zero-order valence-corrected chi connectivity index (χ0v) is 20.5. The molecule has 4 aromatic rings. The number of hydrogen-bond acceptors (Lipinski definition) is 5. The van der Waals surface area contributed by atoms with Crippen molar-refractivity contribution >= 4 is 23.1 Å². The average molecular weight is 491 g/mol. The van der Waals surface area contributed by atoms with Crippen LogP contribution < -0.4 is 19.7 Å². The first-order valence-electron chi connectivity index (χ1n) is 11.9. The number of hydrogen-bond donors (Lipinski definition) is 1. The van der Waals surface area contributed by atoms with Gasteiger partial charge in [0.2, 0.25) is 0 Å². The number of carbonyl (C=O) groups excluding carboxylic acids is 2. The first kappa shape index (κ1) is 23.9. The maximum atomic E-state index is 14.1. The van der Waals surface area contributed by atoms with Gasteiger partial charge in [0.25, 0.3) is 5.91 Å². The summed E-state index contributed by atoms with van der Waals surface area (Å²) >= 11 is 0. The molecule has 6 nitrogen and oxygen atoms in total. The lowest BCUT2D eigenvalue weighted by Gasteiger charge is -2.27. The quantitative estimate of drug-likeness (QED) is 0.305. The van der Waals surface area contributed by atoms with Crippen molar-refractivity contribution in [2.75, 3.05) is 24.4 Å². The molecule has 5 rings (SSSR count). The van der Waals surface area contributed by atoms with Crippen molar-refractivity contribution in [1.29, 1.82) is 0 Å². The molecule has 184 valence electrons. The van der Waals surface area contributed by atoms with Gasteiger partial charge >= 0.3 is 0 Å². The predicted octanol–water partition coefficient (Wildman–Crippen LogP) is 6.04. The molecule has 0 saturated carbocycles. The van der Waals surface area contributed by atoms with Crippen LogP contribution in [0.2, 0.25) is 0 Å². The number of nitrogens with zero attached hydrogens (tertiary/aromatic N) is 1. The van der Waals surface area contributed by atoms with Gasteiger partial charge in [-0.3, -0.25) is 14.5 Å². The first-order valence-corrected chi connectivity index (χ1v) is 11.9. The summed E-state index contributed by atoms with van der Waals surface area (Å²) in [5.74, 6) is 0.542. The predicted molar refractivity (Wildman–Crippen MR) is 144 cm³/mol. The van der Waals surface area contributed by atoms with E-state index in [4.69, 9.17) is 9.47 Å². The van der Waals surface area contributed by atoms with E-state index in [9.17, 15) is 9.59 Å². The van der Waals surface area contributed by atoms with E-state index in [0.717, 1.165) is 5.56 Å². The molecule has 6 heteroatoms. The molecular formula is C31H26N2O4. The fraction of sp³-hybridized carbons (Fsp3) is 0.0968. The van der Waals surface area contributed by atoms with Crippen LogP contribution in [0.3, 0.4) is 0 Å². The van der Waals surface area contributed by atoms with Crippen molar-refractivity contribution in [2.24, 2.45) is 0 Å². The fourth-order valence-electron chi connectivity index (χ4n) is 4.58. The number of methoxy groups -OCH3 is 2. The molecule has 1 amide bonds. The van der Waals surface area contributed by atoms with Gasteiger partial charge in [-0.25, -0.2) is 0 Å². The fourth-order valence-corrected chi connectivity index (χ4v) is 4.58. The highest BCUT2D eigenvalue weighted by Crippen LogP contribution is 2.44. The normalized spacial score (nSPS) is 15.0. The van der Waals surface area contributed by atoms with E-state index in [1.165, 1.54) is 0 Å². The Labute approximate surface area is 215 Å². The van der Waals surface area contributed by atoms with Crippen molar-refractivity contribution in [3.05, 3.63) is 132 Å². The number of ether oxygens (including phenoxy) is 2. The zero-order valence-electron chi connectivity index (χ0n) is 20.5. The van der Waals surface area contributed by atoms with Crippen LogP contribution in [0.5, 0.6) is 11.5 Å². The molecule has 4 aromatic carbocycles. The van der Waals surface area contributed by atoms with E-state index < -0.39 is 6.04 Å². The van der Waals surface area contributed by atoms with Crippen LogP contribution in [0.1, 0.15) is 22.0 Å². The highest BCUT2D eigenvalue weighted by molar-refractivity contribution is 6.23. The number of rotatable bonds is 8. The molecule has 1 aliphatic rings. The summed E-state index contributed by atoms with van der Waals surface area (Å²) in [5, 5.41) is 3.25. The second kappa shape index (κ2) is 10.4. The van der Waals surface area contributed by atoms with Crippen LogP contribution in [-0.4, -0.2) is 25.9 Å². The molecule has 0 radical (unpaired) electrons. The third-order valence-electron chi connectivity index (χ3n) is 6.32. The van der Waals surface area contributed by atoms with Gasteiger partial charge in [-0.1, -0.05) is 72.8 Å². The maximum absolute atomic E-state index is 14.1. The number of anilines is 2. The van der Waals surface area contributed by atoms with Crippen molar-refractivity contribution in [3.63, 3.8) is 0 Å². The third-order valence-corrected chi connectivity index (χ3v) is 6.32. The van der Waals surface area contributed by atoms with E-state index in [1.807, 2.05) is 91.0 Å². The molecule has 1 aliphatic heterocycles. The average Bonchev–Trinajstić information content (AvgIpc) is 3.25. The lowest BCUT2D eigenvalue weighted by Crippen LogP contribution is -2.31. The number of Topliss-reactive ketones (excluding diaryl/α,β-unsaturated/α-hetero) is 1. The summed E-state index contributed by atoms with van der Waals surface area (Å²) in [4.78, 5) is 29.9. The van der Waals surface area contributed by atoms with Crippen LogP contribution in [0.15, 0.2) is 120 Å². The summed E-state index contributed by atoms with van der Waals surface area (Å²) in [5.41, 5.74) is 3.21. The van der Waals surface area contributed by atoms with E-state index >= 15 is 0 Å². The van der Waals surface area contributed by atoms with E-state index in [2.05, 4.69) is 5.32 Å². The number of amides is 1.